The van der Waals surface area contributed by atoms with E-state index in [1.54, 1.807) is 12.5 Å². The van der Waals surface area contributed by atoms with Gasteiger partial charge in [-0.1, -0.05) is 23.7 Å². The van der Waals surface area contributed by atoms with Crippen LogP contribution in [0.25, 0.3) is 27.7 Å². The fourth-order valence-corrected chi connectivity index (χ4v) is 5.00. The number of nitrogens with two attached hydrogens (primary N) is 1. The SMILES string of the molecule is Cc1cccc(Cl)c1-c1c(NCCCN2CCN(C)CC2)ccc2c1nc(N)c1cncn12. The van der Waals surface area contributed by atoms with Gasteiger partial charge in [-0.25, -0.2) is 9.97 Å². The zero-order valence-electron chi connectivity index (χ0n) is 19.2. The maximum absolute atomic E-state index is 6.73. The highest BCUT2D eigenvalue weighted by Crippen LogP contribution is 2.41. The topological polar surface area (TPSA) is 74.7 Å². The van der Waals surface area contributed by atoms with E-state index in [9.17, 15) is 0 Å². The predicted octanol–water partition coefficient (Wildman–Crippen LogP) is 4.14. The van der Waals surface area contributed by atoms with Crippen LogP contribution in [0.2, 0.25) is 5.02 Å². The van der Waals surface area contributed by atoms with Crippen molar-refractivity contribution < 1.29 is 0 Å². The van der Waals surface area contributed by atoms with Crippen LogP contribution in [0.1, 0.15) is 12.0 Å². The molecular formula is C25H30ClN7. The van der Waals surface area contributed by atoms with Crippen molar-refractivity contribution in [1.29, 1.82) is 0 Å². The first-order chi connectivity index (χ1) is 16.0. The summed E-state index contributed by atoms with van der Waals surface area (Å²) in [5, 5.41) is 4.37. The van der Waals surface area contributed by atoms with Crippen LogP contribution < -0.4 is 11.1 Å². The Bertz CT molecular complexity index is 1270. The number of imidazole rings is 1. The summed E-state index contributed by atoms with van der Waals surface area (Å²) < 4.78 is 1.99. The molecule has 0 saturated carbocycles. The highest BCUT2D eigenvalue weighted by atomic mass is 35.5. The van der Waals surface area contributed by atoms with Crippen LogP contribution in [-0.4, -0.2) is 70.5 Å². The van der Waals surface area contributed by atoms with Crippen molar-refractivity contribution in [3.63, 3.8) is 0 Å². The fourth-order valence-electron chi connectivity index (χ4n) is 4.69. The van der Waals surface area contributed by atoms with Crippen LogP contribution >= 0.6 is 11.6 Å². The van der Waals surface area contributed by atoms with Crippen molar-refractivity contribution in [2.75, 3.05) is 57.4 Å². The van der Waals surface area contributed by atoms with E-state index in [1.807, 2.05) is 16.5 Å². The molecule has 172 valence electrons. The van der Waals surface area contributed by atoms with Gasteiger partial charge in [0.05, 0.1) is 23.6 Å². The first kappa shape index (κ1) is 21.9. The molecule has 0 bridgehead atoms. The van der Waals surface area contributed by atoms with Crippen molar-refractivity contribution >= 4 is 39.7 Å². The van der Waals surface area contributed by atoms with Gasteiger partial charge in [-0.2, -0.15) is 0 Å². The molecule has 1 aliphatic heterocycles. The standard InChI is InChI=1S/C25H30ClN7/c1-17-5-3-6-18(26)22(17)23-19(29-9-4-10-32-13-11-31(2)12-14-32)7-8-20-24(23)30-25(27)21-15-28-16-33(20)21/h3,5-8,15-16,29H,4,9-14H2,1-2H3,(H2,27,30). The van der Waals surface area contributed by atoms with E-state index in [0.29, 0.717) is 10.8 Å². The van der Waals surface area contributed by atoms with Gasteiger partial charge in [0.2, 0.25) is 0 Å². The predicted molar refractivity (Wildman–Crippen MR) is 137 cm³/mol. The smallest absolute Gasteiger partial charge is 0.150 e. The summed E-state index contributed by atoms with van der Waals surface area (Å²) in [7, 11) is 2.19. The zero-order chi connectivity index (χ0) is 22.9. The normalized spacial score (nSPS) is 15.5. The first-order valence-corrected chi connectivity index (χ1v) is 11.8. The molecule has 0 unspecified atom stereocenters. The number of halogens is 1. The molecule has 0 amide bonds. The Balaban J connectivity index is 1.51. The number of fused-ring (bicyclic) bond motifs is 3. The lowest BCUT2D eigenvalue weighted by atomic mass is 9.97. The number of aromatic nitrogens is 3. The molecule has 0 atom stereocenters. The molecule has 7 nitrogen and oxygen atoms in total. The monoisotopic (exact) mass is 463 g/mol. The largest absolute Gasteiger partial charge is 0.384 e. The lowest BCUT2D eigenvalue weighted by Crippen LogP contribution is -2.44. The van der Waals surface area contributed by atoms with E-state index in [0.717, 1.165) is 84.6 Å². The van der Waals surface area contributed by atoms with Gasteiger partial charge in [0, 0.05) is 54.6 Å². The number of nitrogen functional groups attached to an aromatic ring is 1. The quantitative estimate of drug-likeness (QED) is 0.418. The molecule has 1 fully saturated rings. The molecule has 4 aromatic rings. The van der Waals surface area contributed by atoms with Gasteiger partial charge in [0.1, 0.15) is 11.3 Å². The van der Waals surface area contributed by atoms with Gasteiger partial charge in [0.25, 0.3) is 0 Å². The van der Waals surface area contributed by atoms with Crippen LogP contribution in [0, 0.1) is 6.92 Å². The van der Waals surface area contributed by atoms with Gasteiger partial charge in [0.15, 0.2) is 0 Å². The number of hydrogen-bond donors (Lipinski definition) is 2. The van der Waals surface area contributed by atoms with Gasteiger partial charge < -0.3 is 20.9 Å². The number of rotatable bonds is 6. The number of aryl methyl sites for hydroxylation is 1. The molecule has 2 aromatic carbocycles. The summed E-state index contributed by atoms with van der Waals surface area (Å²) in [6.45, 7) is 8.61. The van der Waals surface area contributed by atoms with Gasteiger partial charge in [-0.3, -0.25) is 4.40 Å². The Hall–Kier alpha value is -2.87. The van der Waals surface area contributed by atoms with Crippen molar-refractivity contribution in [3.8, 4) is 11.1 Å². The van der Waals surface area contributed by atoms with E-state index in [1.165, 1.54) is 0 Å². The van der Waals surface area contributed by atoms with Gasteiger partial charge in [-0.05, 0) is 50.7 Å². The molecule has 8 heteroatoms. The van der Waals surface area contributed by atoms with Crippen LogP contribution in [0.4, 0.5) is 11.5 Å². The Morgan fingerprint density at radius 3 is 2.67 bits per heavy atom. The van der Waals surface area contributed by atoms with E-state index >= 15 is 0 Å². The number of benzene rings is 2. The molecule has 2 aromatic heterocycles. The Kier molecular flexibility index (Phi) is 6.10. The van der Waals surface area contributed by atoms with Crippen LogP contribution in [-0.2, 0) is 0 Å². The lowest BCUT2D eigenvalue weighted by Gasteiger charge is -2.32. The third-order valence-electron chi connectivity index (χ3n) is 6.58. The molecule has 3 N–H and O–H groups in total. The Labute approximate surface area is 199 Å². The zero-order valence-corrected chi connectivity index (χ0v) is 19.9. The van der Waals surface area contributed by atoms with Gasteiger partial charge in [-0.15, -0.1) is 0 Å². The first-order valence-electron chi connectivity index (χ1n) is 11.5. The third kappa shape index (κ3) is 4.24. The molecule has 0 radical (unpaired) electrons. The molecular weight excluding hydrogens is 434 g/mol. The van der Waals surface area contributed by atoms with Gasteiger partial charge >= 0.3 is 0 Å². The van der Waals surface area contributed by atoms with Crippen molar-refractivity contribution in [3.05, 3.63) is 53.4 Å². The lowest BCUT2D eigenvalue weighted by molar-refractivity contribution is 0.154. The number of likely N-dealkylation sites (N-methyl/N-ethyl adjacent to an activating group) is 1. The molecule has 0 spiro atoms. The molecule has 1 aliphatic rings. The minimum atomic E-state index is 0.457. The Morgan fingerprint density at radius 2 is 1.88 bits per heavy atom. The highest BCUT2D eigenvalue weighted by Gasteiger charge is 2.19. The second-order valence-electron chi connectivity index (χ2n) is 8.86. The molecule has 33 heavy (non-hydrogen) atoms. The summed E-state index contributed by atoms with van der Waals surface area (Å²) in [5.41, 5.74) is 13.0. The summed E-state index contributed by atoms with van der Waals surface area (Å²) in [6, 6.07) is 10.2. The number of piperazine rings is 1. The molecule has 5 rings (SSSR count). The number of nitrogens with one attached hydrogen (secondary N) is 1. The van der Waals surface area contributed by atoms with Crippen LogP contribution in [0.3, 0.4) is 0 Å². The summed E-state index contributed by atoms with van der Waals surface area (Å²) in [6.07, 6.45) is 4.59. The molecule has 3 heterocycles. The van der Waals surface area contributed by atoms with E-state index in [2.05, 4.69) is 52.3 Å². The maximum atomic E-state index is 6.73. The average Bonchev–Trinajstić information content (AvgIpc) is 3.30. The molecule has 1 saturated heterocycles. The second-order valence-corrected chi connectivity index (χ2v) is 9.27. The minimum Gasteiger partial charge on any atom is -0.384 e. The minimum absolute atomic E-state index is 0.457. The number of anilines is 2. The van der Waals surface area contributed by atoms with Crippen molar-refractivity contribution in [2.24, 2.45) is 0 Å². The van der Waals surface area contributed by atoms with Crippen molar-refractivity contribution in [2.45, 2.75) is 13.3 Å². The fraction of sp³-hybridized carbons (Fsp3) is 0.360. The van der Waals surface area contributed by atoms with Crippen LogP contribution in [0.5, 0.6) is 0 Å². The summed E-state index contributed by atoms with van der Waals surface area (Å²) in [4.78, 5) is 14.0. The molecule has 0 aliphatic carbocycles. The van der Waals surface area contributed by atoms with E-state index in [-0.39, 0.29) is 0 Å². The van der Waals surface area contributed by atoms with Crippen LogP contribution in [0.15, 0.2) is 42.9 Å². The van der Waals surface area contributed by atoms with E-state index in [4.69, 9.17) is 22.3 Å². The van der Waals surface area contributed by atoms with E-state index < -0.39 is 0 Å². The summed E-state index contributed by atoms with van der Waals surface area (Å²) in [5.74, 6) is 0.457. The second kappa shape index (κ2) is 9.17. The maximum Gasteiger partial charge on any atom is 0.150 e. The third-order valence-corrected chi connectivity index (χ3v) is 6.90. The average molecular weight is 464 g/mol. The highest BCUT2D eigenvalue weighted by molar-refractivity contribution is 6.34. The Morgan fingerprint density at radius 1 is 1.06 bits per heavy atom. The van der Waals surface area contributed by atoms with Crippen molar-refractivity contribution in [1.82, 2.24) is 24.2 Å². The summed E-state index contributed by atoms with van der Waals surface area (Å²) >= 11 is 6.73. The number of hydrogen-bond acceptors (Lipinski definition) is 6. The number of nitrogens with zero attached hydrogens (tertiary/aromatic N) is 5.